The Balaban J connectivity index is 1.63. The molecule has 34 heavy (non-hydrogen) atoms. The Labute approximate surface area is 207 Å². The van der Waals surface area contributed by atoms with E-state index in [4.69, 9.17) is 0 Å². The molecule has 4 aliphatic rings. The van der Waals surface area contributed by atoms with Gasteiger partial charge in [0.1, 0.15) is 11.9 Å². The third-order valence-corrected chi connectivity index (χ3v) is 11.8. The summed E-state index contributed by atoms with van der Waals surface area (Å²) >= 11 is 0. The molecule has 9 atom stereocenters. The first-order valence-corrected chi connectivity index (χ1v) is 13.6. The van der Waals surface area contributed by atoms with E-state index in [0.29, 0.717) is 30.0 Å². The van der Waals surface area contributed by atoms with E-state index in [1.807, 2.05) is 6.92 Å². The predicted octanol–water partition coefficient (Wildman–Crippen LogP) is 6.98. The number of aliphatic hydroxyl groups is 1. The molecule has 1 unspecified atom stereocenters. The molecule has 0 spiro atoms. The van der Waals surface area contributed by atoms with Crippen LogP contribution in [-0.2, 0) is 9.68 Å². The smallest absolute Gasteiger partial charge is 0.138 e. The number of fused-ring (bicyclic) bond motifs is 5. The zero-order valence-corrected chi connectivity index (χ0v) is 22.6. The Morgan fingerprint density at radius 3 is 2.50 bits per heavy atom. The van der Waals surface area contributed by atoms with Crippen molar-refractivity contribution >= 4 is 5.78 Å². The zero-order valence-electron chi connectivity index (χ0n) is 22.6. The van der Waals surface area contributed by atoms with Gasteiger partial charge in [-0.25, -0.2) is 4.89 Å². The van der Waals surface area contributed by atoms with Gasteiger partial charge in [-0.15, -0.1) is 0 Å². The van der Waals surface area contributed by atoms with Crippen molar-refractivity contribution in [2.24, 2.45) is 45.3 Å². The maximum atomic E-state index is 12.8. The molecule has 2 N–H and O–H groups in total. The maximum Gasteiger partial charge on any atom is 0.138 e. The largest absolute Gasteiger partial charge is 0.393 e. The Morgan fingerprint density at radius 1 is 1.21 bits per heavy atom. The lowest BCUT2D eigenvalue weighted by atomic mass is 9.41. The number of carbonyl (C=O) groups is 1. The minimum atomic E-state index is -0.341. The van der Waals surface area contributed by atoms with Crippen LogP contribution in [0, 0.1) is 45.3 Å². The van der Waals surface area contributed by atoms with Crippen LogP contribution in [-0.4, -0.2) is 28.4 Å². The van der Waals surface area contributed by atoms with Crippen LogP contribution in [0.25, 0.3) is 0 Å². The van der Waals surface area contributed by atoms with Gasteiger partial charge in [-0.05, 0) is 97.4 Å². The van der Waals surface area contributed by atoms with Crippen molar-refractivity contribution in [3.63, 3.8) is 0 Å². The molecule has 0 aliphatic heterocycles. The van der Waals surface area contributed by atoms with Crippen LogP contribution in [0.4, 0.5) is 0 Å². The lowest BCUT2D eigenvalue weighted by molar-refractivity contribution is -0.270. The van der Waals surface area contributed by atoms with E-state index in [0.717, 1.165) is 50.5 Å². The molecule has 0 aromatic rings. The highest BCUT2D eigenvalue weighted by Gasteiger charge is 2.67. The highest BCUT2D eigenvalue weighted by atomic mass is 17.1. The average molecular weight is 473 g/mol. The minimum absolute atomic E-state index is 0.0188. The van der Waals surface area contributed by atoms with Crippen LogP contribution in [0.1, 0.15) is 99.8 Å². The summed E-state index contributed by atoms with van der Waals surface area (Å²) in [6.07, 6.45) is 9.24. The van der Waals surface area contributed by atoms with Crippen LogP contribution in [0.15, 0.2) is 23.8 Å². The van der Waals surface area contributed by atoms with Gasteiger partial charge in [-0.3, -0.25) is 10.1 Å². The molecule has 0 saturated heterocycles. The fraction of sp³-hybridized carbons (Fsp3) is 0.833. The summed E-state index contributed by atoms with van der Waals surface area (Å²) in [5, 5.41) is 20.8. The highest BCUT2D eigenvalue weighted by molar-refractivity contribution is 5.85. The normalized spacial score (nSPS) is 45.0. The van der Waals surface area contributed by atoms with Gasteiger partial charge in [-0.1, -0.05) is 59.8 Å². The van der Waals surface area contributed by atoms with Gasteiger partial charge in [0.15, 0.2) is 0 Å². The lowest BCUT2D eigenvalue weighted by Crippen LogP contribution is -2.57. The fourth-order valence-corrected chi connectivity index (χ4v) is 9.61. The van der Waals surface area contributed by atoms with Crippen molar-refractivity contribution in [1.29, 1.82) is 0 Å². The van der Waals surface area contributed by atoms with E-state index in [1.54, 1.807) is 5.57 Å². The molecule has 0 heterocycles. The molecular weight excluding hydrogens is 424 g/mol. The second-order valence-electron chi connectivity index (χ2n) is 13.7. The van der Waals surface area contributed by atoms with Crippen molar-refractivity contribution in [3.05, 3.63) is 23.8 Å². The quantitative estimate of drug-likeness (QED) is 0.248. The summed E-state index contributed by atoms with van der Waals surface area (Å²) < 4.78 is 0. The van der Waals surface area contributed by atoms with Gasteiger partial charge in [0.25, 0.3) is 0 Å². The number of carbonyl (C=O) groups excluding carboxylic acids is 1. The second kappa shape index (κ2) is 8.56. The molecule has 0 bridgehead atoms. The molecule has 4 aliphatic carbocycles. The summed E-state index contributed by atoms with van der Waals surface area (Å²) in [6.45, 7) is 19.8. The van der Waals surface area contributed by atoms with E-state index in [2.05, 4.69) is 59.1 Å². The van der Waals surface area contributed by atoms with Crippen LogP contribution >= 0.6 is 0 Å². The number of rotatable bonds is 6. The molecule has 4 nitrogen and oxygen atoms in total. The Hall–Kier alpha value is -0.970. The summed E-state index contributed by atoms with van der Waals surface area (Å²) in [5.74, 6) is 1.90. The van der Waals surface area contributed by atoms with Gasteiger partial charge >= 0.3 is 0 Å². The number of ketones is 1. The first-order valence-electron chi connectivity index (χ1n) is 13.6. The van der Waals surface area contributed by atoms with E-state index >= 15 is 0 Å². The second-order valence-corrected chi connectivity index (χ2v) is 13.7. The van der Waals surface area contributed by atoms with Crippen LogP contribution in [0.2, 0.25) is 0 Å². The first-order chi connectivity index (χ1) is 15.7. The van der Waals surface area contributed by atoms with Crippen LogP contribution < -0.4 is 0 Å². The van der Waals surface area contributed by atoms with Gasteiger partial charge in [-0.2, -0.15) is 0 Å². The monoisotopic (exact) mass is 472 g/mol. The maximum absolute atomic E-state index is 12.8. The summed E-state index contributed by atoms with van der Waals surface area (Å²) in [4.78, 5) is 17.5. The van der Waals surface area contributed by atoms with Crippen molar-refractivity contribution in [3.8, 4) is 0 Å². The molecule has 3 saturated carbocycles. The molecule has 4 rings (SSSR count). The third-order valence-electron chi connectivity index (χ3n) is 11.8. The topological polar surface area (TPSA) is 66.8 Å². The Bertz CT molecular complexity index is 873. The van der Waals surface area contributed by atoms with E-state index in [9.17, 15) is 15.2 Å². The Kier molecular flexibility index (Phi) is 6.57. The van der Waals surface area contributed by atoms with Gasteiger partial charge in [0, 0.05) is 11.8 Å². The molecule has 4 heteroatoms. The third kappa shape index (κ3) is 3.53. The highest BCUT2D eigenvalue weighted by Crippen LogP contribution is 2.73. The van der Waals surface area contributed by atoms with E-state index < -0.39 is 0 Å². The fourth-order valence-electron chi connectivity index (χ4n) is 9.61. The molecular formula is C30H48O4. The average Bonchev–Trinajstić information content (AvgIpc) is 2.96. The van der Waals surface area contributed by atoms with Crippen molar-refractivity contribution in [2.45, 2.75) is 112 Å². The van der Waals surface area contributed by atoms with Crippen LogP contribution in [0.5, 0.6) is 0 Å². The molecule has 192 valence electrons. The number of Topliss-reactive ketones (excluding diaryl/α,β-unsaturated/α-hetero) is 1. The summed E-state index contributed by atoms with van der Waals surface area (Å²) in [7, 11) is 0. The van der Waals surface area contributed by atoms with Gasteiger partial charge in [0.2, 0.25) is 0 Å². The molecule has 0 radical (unpaired) electrons. The molecule has 3 fully saturated rings. The minimum Gasteiger partial charge on any atom is -0.393 e. The predicted molar refractivity (Wildman–Crippen MR) is 136 cm³/mol. The zero-order chi connectivity index (χ0) is 25.3. The number of hydrogen-bond donors (Lipinski definition) is 2. The molecule has 0 aromatic heterocycles. The summed E-state index contributed by atoms with van der Waals surface area (Å²) in [5.41, 5.74) is 2.34. The van der Waals surface area contributed by atoms with Gasteiger partial charge < -0.3 is 5.11 Å². The van der Waals surface area contributed by atoms with E-state index in [1.165, 1.54) is 0 Å². The van der Waals surface area contributed by atoms with E-state index in [-0.39, 0.29) is 39.8 Å². The lowest BCUT2D eigenvalue weighted by Gasteiger charge is -2.63. The standard InChI is InChI=1S/C30H48O4/c1-18(2)23(34-33)11-9-19(3)26-22(31)17-30(8)21-10-12-24-27(4,5)25(32)14-15-28(24,6)20(21)13-16-29(26,30)7/h10,19-20,22-24,26,31,33H,1,9,11-17H2,2-8H3/t19-,20+,22+,23?,24+,26-,28-,29+,30-/m1/s1. The van der Waals surface area contributed by atoms with Gasteiger partial charge in [0.05, 0.1) is 6.10 Å². The van der Waals surface area contributed by atoms with Crippen molar-refractivity contribution in [1.82, 2.24) is 0 Å². The number of allylic oxidation sites excluding steroid dienone is 2. The summed E-state index contributed by atoms with van der Waals surface area (Å²) in [6, 6.07) is 0. The molecule has 0 aromatic carbocycles. The van der Waals surface area contributed by atoms with Crippen LogP contribution in [0.3, 0.4) is 0 Å². The number of hydrogen-bond acceptors (Lipinski definition) is 4. The van der Waals surface area contributed by atoms with Crippen molar-refractivity contribution < 1.29 is 20.0 Å². The Morgan fingerprint density at radius 2 is 1.88 bits per heavy atom. The molecule has 0 amide bonds. The SMILES string of the molecule is C=C(C)C(CC[C@@H](C)[C@@H]1[C@@H](O)C[C@]2(C)C3=CC[C@H]4C(C)(C)C(=O)CC[C@]4(C)[C@H]3CC[C@@]12C)OO. The first kappa shape index (κ1) is 26.1. The van der Waals surface area contributed by atoms with Crippen molar-refractivity contribution in [2.75, 3.05) is 0 Å². The number of aliphatic hydroxyl groups excluding tert-OH is 1.